The molecule has 0 aliphatic carbocycles. The lowest BCUT2D eigenvalue weighted by molar-refractivity contribution is 0.0991. The molecule has 0 unspecified atom stereocenters. The highest BCUT2D eigenvalue weighted by molar-refractivity contribution is 7.12. The molecule has 2 rings (SSSR count). The van der Waals surface area contributed by atoms with E-state index >= 15 is 0 Å². The van der Waals surface area contributed by atoms with Gasteiger partial charge in [-0.3, -0.25) is 4.79 Å². The molecule has 1 amide bonds. The summed E-state index contributed by atoms with van der Waals surface area (Å²) in [6.45, 7) is 2.64. The third-order valence-corrected chi connectivity index (χ3v) is 4.06. The van der Waals surface area contributed by atoms with Crippen molar-refractivity contribution in [2.24, 2.45) is 0 Å². The highest BCUT2D eigenvalue weighted by atomic mass is 35.5. The van der Waals surface area contributed by atoms with Crippen LogP contribution in [0.1, 0.15) is 23.0 Å². The van der Waals surface area contributed by atoms with Crippen LogP contribution in [0.4, 0.5) is 11.4 Å². The molecule has 0 spiro atoms. The summed E-state index contributed by atoms with van der Waals surface area (Å²) in [6.07, 6.45) is 0.850. The van der Waals surface area contributed by atoms with Crippen molar-refractivity contribution in [3.63, 3.8) is 0 Å². The zero-order valence-corrected chi connectivity index (χ0v) is 12.2. The summed E-state index contributed by atoms with van der Waals surface area (Å²) >= 11 is 7.39. The van der Waals surface area contributed by atoms with Gasteiger partial charge in [-0.15, -0.1) is 11.3 Å². The Morgan fingerprint density at radius 2 is 2.11 bits per heavy atom. The predicted octanol–water partition coefficient (Wildman–Crippen LogP) is 4.04. The van der Waals surface area contributed by atoms with Crippen molar-refractivity contribution in [3.8, 4) is 0 Å². The Kier molecular flexibility index (Phi) is 4.45. The van der Waals surface area contributed by atoms with Crippen LogP contribution in [0.15, 0.2) is 35.7 Å². The number of nitrogens with zero attached hydrogens (tertiary/aromatic N) is 1. The second-order valence-electron chi connectivity index (χ2n) is 4.11. The van der Waals surface area contributed by atoms with Gasteiger partial charge in [0.25, 0.3) is 5.91 Å². The number of hydrogen-bond donors (Lipinski definition) is 1. The molecule has 0 radical (unpaired) electrons. The van der Waals surface area contributed by atoms with Gasteiger partial charge in [-0.05, 0) is 30.0 Å². The zero-order chi connectivity index (χ0) is 13.8. The minimum Gasteiger partial charge on any atom is -0.397 e. The summed E-state index contributed by atoms with van der Waals surface area (Å²) < 4.78 is 0. The maximum Gasteiger partial charge on any atom is 0.269 e. The highest BCUT2D eigenvalue weighted by Crippen LogP contribution is 2.29. The minimum atomic E-state index is -0.0975. The van der Waals surface area contributed by atoms with Crippen molar-refractivity contribution >= 4 is 40.2 Å². The van der Waals surface area contributed by atoms with Gasteiger partial charge in [0.2, 0.25) is 0 Å². The van der Waals surface area contributed by atoms with Crippen LogP contribution in [-0.2, 0) is 0 Å². The fourth-order valence-electron chi connectivity index (χ4n) is 1.86. The number of benzene rings is 1. The van der Waals surface area contributed by atoms with Gasteiger partial charge in [-0.1, -0.05) is 30.7 Å². The third-order valence-electron chi connectivity index (χ3n) is 2.73. The first-order chi connectivity index (χ1) is 9.15. The Morgan fingerprint density at radius 1 is 1.37 bits per heavy atom. The predicted molar refractivity (Wildman–Crippen MR) is 82.2 cm³/mol. The molecule has 0 saturated carbocycles. The fraction of sp³-hybridized carbons (Fsp3) is 0.214. The number of hydrogen-bond acceptors (Lipinski definition) is 3. The smallest absolute Gasteiger partial charge is 0.269 e. The number of carbonyl (C=O) groups excluding carboxylic acids is 1. The largest absolute Gasteiger partial charge is 0.397 e. The number of nitrogen functional groups attached to an aromatic ring is 1. The molecule has 5 heteroatoms. The Labute approximate surface area is 121 Å². The van der Waals surface area contributed by atoms with Crippen LogP contribution >= 0.6 is 22.9 Å². The van der Waals surface area contributed by atoms with E-state index in [4.69, 9.17) is 17.3 Å². The summed E-state index contributed by atoms with van der Waals surface area (Å²) in [5, 5.41) is 2.30. The number of halogens is 1. The monoisotopic (exact) mass is 294 g/mol. The van der Waals surface area contributed by atoms with E-state index in [1.807, 2.05) is 30.5 Å². The summed E-state index contributed by atoms with van der Waals surface area (Å²) in [6, 6.07) is 9.10. The second kappa shape index (κ2) is 6.08. The van der Waals surface area contributed by atoms with Crippen LogP contribution in [-0.4, -0.2) is 12.5 Å². The van der Waals surface area contributed by atoms with E-state index in [0.717, 1.165) is 12.1 Å². The molecule has 0 fully saturated rings. The maximum absolute atomic E-state index is 12.6. The van der Waals surface area contributed by atoms with E-state index < -0.39 is 0 Å². The van der Waals surface area contributed by atoms with Gasteiger partial charge in [-0.25, -0.2) is 0 Å². The van der Waals surface area contributed by atoms with Crippen LogP contribution in [0.3, 0.4) is 0 Å². The van der Waals surface area contributed by atoms with Gasteiger partial charge in [-0.2, -0.15) is 0 Å². The van der Waals surface area contributed by atoms with Crippen molar-refractivity contribution < 1.29 is 4.79 Å². The molecule has 3 nitrogen and oxygen atoms in total. The fourth-order valence-corrected chi connectivity index (χ4v) is 2.94. The average Bonchev–Trinajstić information content (AvgIpc) is 2.82. The summed E-state index contributed by atoms with van der Waals surface area (Å²) in [7, 11) is 0. The standard InChI is InChI=1S/C14H15ClN2OS/c1-2-8-17(12-6-4-3-5-11(12)16)14(18)13-10(15)7-9-19-13/h3-7,9H,2,8,16H2,1H3. The Bertz CT molecular complexity index is 582. The molecule has 0 bridgehead atoms. The van der Waals surface area contributed by atoms with Gasteiger partial charge in [0.1, 0.15) is 4.88 Å². The molecule has 0 atom stereocenters. The third kappa shape index (κ3) is 2.91. The number of nitrogens with two attached hydrogens (primary N) is 1. The molecule has 1 heterocycles. The van der Waals surface area contributed by atoms with Gasteiger partial charge >= 0.3 is 0 Å². The normalized spacial score (nSPS) is 10.4. The van der Waals surface area contributed by atoms with Crippen molar-refractivity contribution in [1.82, 2.24) is 0 Å². The second-order valence-corrected chi connectivity index (χ2v) is 5.44. The van der Waals surface area contributed by atoms with Crippen LogP contribution in [0, 0.1) is 0 Å². The molecule has 1 aromatic heterocycles. The van der Waals surface area contributed by atoms with Crippen molar-refractivity contribution in [2.45, 2.75) is 13.3 Å². The first kappa shape index (κ1) is 13.9. The Balaban J connectivity index is 2.39. The van der Waals surface area contributed by atoms with Crippen LogP contribution in [0.25, 0.3) is 0 Å². The lowest BCUT2D eigenvalue weighted by atomic mass is 10.2. The van der Waals surface area contributed by atoms with E-state index in [1.165, 1.54) is 11.3 Å². The SMILES string of the molecule is CCCN(C(=O)c1sccc1Cl)c1ccccc1N. The van der Waals surface area contributed by atoms with Crippen molar-refractivity contribution in [3.05, 3.63) is 45.6 Å². The van der Waals surface area contributed by atoms with Crippen LogP contribution < -0.4 is 10.6 Å². The lowest BCUT2D eigenvalue weighted by Gasteiger charge is -2.23. The van der Waals surface area contributed by atoms with Crippen LogP contribution in [0.5, 0.6) is 0 Å². The molecular weight excluding hydrogens is 280 g/mol. The first-order valence-corrected chi connectivity index (χ1v) is 7.30. The summed E-state index contributed by atoms with van der Waals surface area (Å²) in [5.74, 6) is -0.0975. The zero-order valence-electron chi connectivity index (χ0n) is 10.6. The molecule has 1 aromatic carbocycles. The maximum atomic E-state index is 12.6. The van der Waals surface area contributed by atoms with E-state index in [0.29, 0.717) is 22.1 Å². The molecule has 0 aliphatic heterocycles. The number of carbonyl (C=O) groups is 1. The minimum absolute atomic E-state index is 0.0975. The topological polar surface area (TPSA) is 46.3 Å². The van der Waals surface area contributed by atoms with Gasteiger partial charge < -0.3 is 10.6 Å². The molecule has 0 saturated heterocycles. The number of anilines is 2. The van der Waals surface area contributed by atoms with Crippen LogP contribution in [0.2, 0.25) is 5.02 Å². The number of amides is 1. The Hall–Kier alpha value is -1.52. The molecule has 0 aliphatic rings. The molecule has 2 aromatic rings. The van der Waals surface area contributed by atoms with Crippen molar-refractivity contribution in [1.29, 1.82) is 0 Å². The van der Waals surface area contributed by atoms with E-state index in [2.05, 4.69) is 0 Å². The molecular formula is C14H15ClN2OS. The number of para-hydroxylation sites is 2. The molecule has 2 N–H and O–H groups in total. The molecule has 19 heavy (non-hydrogen) atoms. The lowest BCUT2D eigenvalue weighted by Crippen LogP contribution is -2.31. The van der Waals surface area contributed by atoms with E-state index in [9.17, 15) is 4.79 Å². The van der Waals surface area contributed by atoms with Crippen molar-refractivity contribution in [2.75, 3.05) is 17.2 Å². The summed E-state index contributed by atoms with van der Waals surface area (Å²) in [4.78, 5) is 14.8. The number of rotatable bonds is 4. The quantitative estimate of drug-likeness (QED) is 0.865. The van der Waals surface area contributed by atoms with E-state index in [-0.39, 0.29) is 5.91 Å². The first-order valence-electron chi connectivity index (χ1n) is 6.04. The summed E-state index contributed by atoms with van der Waals surface area (Å²) in [5.41, 5.74) is 7.29. The highest BCUT2D eigenvalue weighted by Gasteiger charge is 2.21. The Morgan fingerprint density at radius 3 is 2.68 bits per heavy atom. The van der Waals surface area contributed by atoms with Gasteiger partial charge in [0.15, 0.2) is 0 Å². The van der Waals surface area contributed by atoms with Gasteiger partial charge in [0, 0.05) is 6.54 Å². The molecule has 100 valence electrons. The van der Waals surface area contributed by atoms with E-state index in [1.54, 1.807) is 17.0 Å². The van der Waals surface area contributed by atoms with Gasteiger partial charge in [0.05, 0.1) is 16.4 Å². The number of thiophene rings is 1. The average molecular weight is 295 g/mol.